The number of thioether (sulfide) groups is 2. The number of rotatable bonds is 34. The molecule has 0 radical (unpaired) electrons. The van der Waals surface area contributed by atoms with E-state index in [0.717, 1.165) is 33.2 Å². The molecule has 0 fully saturated rings. The number of carboxylic acids is 2. The molecule has 2 unspecified atom stereocenters. The molecular formula is C40H76O8S2Sn. The Labute approximate surface area is 332 Å². The molecule has 0 amide bonds. The number of ether oxygens (including phenoxy) is 2. The minimum atomic E-state index is -0.943. The van der Waals surface area contributed by atoms with Gasteiger partial charge in [-0.2, -0.15) is 23.5 Å². The second-order valence-electron chi connectivity index (χ2n) is 13.2. The van der Waals surface area contributed by atoms with E-state index in [-0.39, 0.29) is 35.3 Å². The Bertz CT molecular complexity index is 726. The number of hydrogen-bond acceptors (Lipinski definition) is 10. The Kier molecular flexibility index (Phi) is 48.9. The third kappa shape index (κ3) is 49.4. The van der Waals surface area contributed by atoms with E-state index >= 15 is 0 Å². The van der Waals surface area contributed by atoms with E-state index in [1.807, 2.05) is 27.7 Å². The van der Waals surface area contributed by atoms with E-state index in [0.29, 0.717) is 13.2 Å². The van der Waals surface area contributed by atoms with Gasteiger partial charge in [0, 0.05) is 11.5 Å². The topological polar surface area (TPSA) is 133 Å². The Morgan fingerprint density at radius 2 is 0.765 bits per heavy atom. The van der Waals surface area contributed by atoms with Crippen LogP contribution >= 0.6 is 23.5 Å². The second-order valence-corrected chi connectivity index (χ2v) is 19.1. The van der Waals surface area contributed by atoms with Gasteiger partial charge in [0.05, 0.1) is 11.9 Å². The summed E-state index contributed by atoms with van der Waals surface area (Å²) in [5.74, 6) is 0.0783. The molecule has 0 aliphatic rings. The molecule has 8 nitrogen and oxygen atoms in total. The Morgan fingerprint density at radius 3 is 1.02 bits per heavy atom. The summed E-state index contributed by atoms with van der Waals surface area (Å²) in [6.45, 7) is 12.8. The van der Waals surface area contributed by atoms with E-state index in [1.165, 1.54) is 139 Å². The molecule has 0 saturated heterocycles. The summed E-state index contributed by atoms with van der Waals surface area (Å²) in [5.41, 5.74) is 0. The van der Waals surface area contributed by atoms with Crippen LogP contribution in [0.25, 0.3) is 0 Å². The molecule has 300 valence electrons. The Balaban J connectivity index is -0.000000678. The van der Waals surface area contributed by atoms with Crippen LogP contribution in [0.3, 0.4) is 0 Å². The first kappa shape index (κ1) is 54.7. The number of carbonyl (C=O) groups excluding carboxylic acids is 4. The number of carboxylic acid groups (broad SMARTS) is 2. The first-order valence-corrected chi connectivity index (χ1v) is 26.5. The predicted octanol–water partition coefficient (Wildman–Crippen LogP) is 8.71. The normalized spacial score (nSPS) is 11.6. The van der Waals surface area contributed by atoms with Gasteiger partial charge in [-0.3, -0.25) is 0 Å². The molecule has 11 heteroatoms. The molecule has 0 heterocycles. The molecule has 0 aromatic heterocycles. The first-order chi connectivity index (χ1) is 24.6. The van der Waals surface area contributed by atoms with Crippen molar-refractivity contribution in [1.29, 1.82) is 0 Å². The van der Waals surface area contributed by atoms with E-state index in [2.05, 4.69) is 13.8 Å². The zero-order chi connectivity index (χ0) is 38.8. The van der Waals surface area contributed by atoms with Crippen molar-refractivity contribution in [3.8, 4) is 0 Å². The van der Waals surface area contributed by atoms with Crippen LogP contribution in [0.15, 0.2) is 0 Å². The summed E-state index contributed by atoms with van der Waals surface area (Å²) >= 11 is 2.27. The number of hydrogen-bond donors (Lipinski definition) is 0. The minimum absolute atomic E-state index is 0.0176. The van der Waals surface area contributed by atoms with Gasteiger partial charge in [-0.15, -0.1) is 0 Å². The van der Waals surface area contributed by atoms with Crippen LogP contribution < -0.4 is 10.2 Å². The van der Waals surface area contributed by atoms with Crippen LogP contribution in [0.4, 0.5) is 0 Å². The van der Waals surface area contributed by atoms with Crippen LogP contribution in [0.5, 0.6) is 0 Å². The summed E-state index contributed by atoms with van der Waals surface area (Å²) in [4.78, 5) is 43.0. The SMILES string of the molecule is CCCCCCCCCCCCSCC(=O)[O-].CCCCCCCCCCCCSCC(=O)[O-].CCOC(=O)C(C)[CH2][Sn+2][CH2]C(C)C(=O)OCC. The molecule has 0 bridgehead atoms. The summed E-state index contributed by atoms with van der Waals surface area (Å²) in [6.07, 6.45) is 26.6. The van der Waals surface area contributed by atoms with Crippen molar-refractivity contribution in [1.82, 2.24) is 0 Å². The standard InChI is InChI=1S/2C14H28O2S.2C6H11O2.Sn/c2*1-2-3-4-5-6-7-8-9-10-11-12-17-13-14(15)16;2*1-4-8-6(7)5(2)3;/h2*2-13H2,1H3,(H,15,16);2*5H,2,4H2,1,3H3;/q;;;;+2/p-2. The van der Waals surface area contributed by atoms with E-state index in [1.54, 1.807) is 0 Å². The zero-order valence-electron chi connectivity index (χ0n) is 33.5. The van der Waals surface area contributed by atoms with Crippen LogP contribution in [0, 0.1) is 11.8 Å². The zero-order valence-corrected chi connectivity index (χ0v) is 38.0. The summed E-state index contributed by atoms with van der Waals surface area (Å²) in [5, 5.41) is 20.3. The fourth-order valence-electron chi connectivity index (χ4n) is 4.95. The van der Waals surface area contributed by atoms with Gasteiger partial charge >= 0.3 is 114 Å². The van der Waals surface area contributed by atoms with Gasteiger partial charge in [-0.05, 0) is 24.3 Å². The fraction of sp³-hybridized carbons (Fsp3) is 0.900. The molecule has 51 heavy (non-hydrogen) atoms. The van der Waals surface area contributed by atoms with E-state index in [9.17, 15) is 29.4 Å². The molecule has 0 aromatic rings. The second kappa shape index (κ2) is 45.5. The molecular weight excluding hydrogens is 791 g/mol. The van der Waals surface area contributed by atoms with Crippen LogP contribution in [0.2, 0.25) is 8.87 Å². The monoisotopic (exact) mass is 868 g/mol. The van der Waals surface area contributed by atoms with Gasteiger partial charge in [-0.25, -0.2) is 0 Å². The van der Waals surface area contributed by atoms with Crippen LogP contribution in [0.1, 0.15) is 170 Å². The molecule has 0 N–H and O–H groups in total. The van der Waals surface area contributed by atoms with Crippen molar-refractivity contribution < 1.29 is 38.9 Å². The van der Waals surface area contributed by atoms with Gasteiger partial charge in [-0.1, -0.05) is 129 Å². The predicted molar refractivity (Wildman–Crippen MR) is 215 cm³/mol. The van der Waals surface area contributed by atoms with Crippen molar-refractivity contribution in [2.24, 2.45) is 11.8 Å². The molecule has 0 saturated carbocycles. The molecule has 0 rings (SSSR count). The molecule has 0 aliphatic carbocycles. The van der Waals surface area contributed by atoms with Crippen molar-refractivity contribution >= 4 is 68.5 Å². The maximum absolute atomic E-state index is 11.4. The van der Waals surface area contributed by atoms with Gasteiger partial charge in [0.25, 0.3) is 0 Å². The van der Waals surface area contributed by atoms with Gasteiger partial charge in [0.1, 0.15) is 0 Å². The third-order valence-electron chi connectivity index (χ3n) is 8.00. The number of unbranched alkanes of at least 4 members (excludes halogenated alkanes) is 18. The van der Waals surface area contributed by atoms with E-state index < -0.39 is 33.1 Å². The Hall–Kier alpha value is -0.621. The van der Waals surface area contributed by atoms with Crippen molar-refractivity contribution in [3.63, 3.8) is 0 Å². The quantitative estimate of drug-likeness (QED) is 0.0352. The van der Waals surface area contributed by atoms with Crippen molar-refractivity contribution in [2.45, 2.75) is 179 Å². The van der Waals surface area contributed by atoms with Gasteiger partial charge in [0.15, 0.2) is 0 Å². The maximum atomic E-state index is 11.4. The molecule has 0 aliphatic heterocycles. The summed E-state index contributed by atoms with van der Waals surface area (Å²) in [6, 6.07) is 0. The number of aliphatic carboxylic acids is 2. The summed E-state index contributed by atoms with van der Waals surface area (Å²) in [7, 11) is 0. The van der Waals surface area contributed by atoms with Crippen LogP contribution in [-0.2, 0) is 28.7 Å². The van der Waals surface area contributed by atoms with Crippen molar-refractivity contribution in [2.75, 3.05) is 36.2 Å². The fourth-order valence-corrected chi connectivity index (χ4v) is 10.3. The number of esters is 2. The van der Waals surface area contributed by atoms with Crippen molar-refractivity contribution in [3.05, 3.63) is 0 Å². The first-order valence-electron chi connectivity index (χ1n) is 20.2. The van der Waals surface area contributed by atoms with Gasteiger partial charge in [0.2, 0.25) is 0 Å². The third-order valence-corrected chi connectivity index (χ3v) is 15.2. The van der Waals surface area contributed by atoms with E-state index in [4.69, 9.17) is 9.47 Å². The average Bonchev–Trinajstić information content (AvgIpc) is 3.09. The average molecular weight is 868 g/mol. The molecule has 0 spiro atoms. The van der Waals surface area contributed by atoms with Gasteiger partial charge < -0.3 is 19.8 Å². The van der Waals surface area contributed by atoms with Crippen LogP contribution in [-0.4, -0.2) is 81.2 Å². The molecule has 0 aromatic carbocycles. The number of carbonyl (C=O) groups is 4. The molecule has 2 atom stereocenters. The Morgan fingerprint density at radius 1 is 0.490 bits per heavy atom. The summed E-state index contributed by atoms with van der Waals surface area (Å²) < 4.78 is 11.7.